The summed E-state index contributed by atoms with van der Waals surface area (Å²) in [5, 5.41) is 9.30. The summed E-state index contributed by atoms with van der Waals surface area (Å²) in [6.45, 7) is 3.42. The molecule has 164 valence electrons. The lowest BCUT2D eigenvalue weighted by Gasteiger charge is -2.46. The van der Waals surface area contributed by atoms with Crippen molar-refractivity contribution in [3.05, 3.63) is 108 Å². The Kier molecular flexibility index (Phi) is 6.63. The number of carbonyl (C=O) groups is 2. The highest BCUT2D eigenvalue weighted by Gasteiger charge is 2.47. The van der Waals surface area contributed by atoms with Crippen LogP contribution in [0.15, 0.2) is 91.0 Å². The van der Waals surface area contributed by atoms with E-state index in [2.05, 4.69) is 52.3 Å². The fraction of sp³-hybridized carbons (Fsp3) is 0.231. The summed E-state index contributed by atoms with van der Waals surface area (Å²) in [6.07, 6.45) is 0. The minimum Gasteiger partial charge on any atom is -0.345 e. The zero-order valence-corrected chi connectivity index (χ0v) is 18.9. The topological polar surface area (TPSA) is 70.2 Å². The Morgan fingerprint density at radius 3 is 1.69 bits per heavy atom. The van der Waals surface area contributed by atoms with E-state index in [-0.39, 0.29) is 22.6 Å². The molecule has 1 fully saturated rings. The number of amides is 2. The van der Waals surface area contributed by atoms with Gasteiger partial charge >= 0.3 is 0 Å². The largest absolute Gasteiger partial charge is 0.345 e. The monoisotopic (exact) mass is 445 g/mol. The zero-order valence-electron chi connectivity index (χ0n) is 18.1. The molecule has 0 bridgehead atoms. The van der Waals surface area contributed by atoms with Gasteiger partial charge in [-0.25, -0.2) is 0 Å². The van der Waals surface area contributed by atoms with E-state index < -0.39 is 11.6 Å². The highest BCUT2D eigenvalue weighted by atomic mass is 32.2. The van der Waals surface area contributed by atoms with Gasteiger partial charge in [-0.1, -0.05) is 91.0 Å². The average Bonchev–Trinajstić information content (AvgIpc) is 2.81. The Morgan fingerprint density at radius 1 is 0.875 bits per heavy atom. The van der Waals surface area contributed by atoms with E-state index in [4.69, 9.17) is 0 Å². The molecular weight excluding hydrogens is 418 g/mol. The smallest absolute Gasteiger partial charge is 0.241 e. The summed E-state index contributed by atoms with van der Waals surface area (Å²) >= 11 is 1.53. The first kappa shape index (κ1) is 22.1. The van der Waals surface area contributed by atoms with Crippen LogP contribution in [0.1, 0.15) is 30.5 Å². The van der Waals surface area contributed by atoms with Crippen LogP contribution in [-0.2, 0) is 15.1 Å². The Bertz CT molecular complexity index is 964. The minimum absolute atomic E-state index is 0.0512. The van der Waals surface area contributed by atoms with Crippen LogP contribution in [0.5, 0.6) is 0 Å². The first-order valence-electron chi connectivity index (χ1n) is 10.7. The summed E-state index contributed by atoms with van der Waals surface area (Å²) in [4.78, 5) is 24.2. The third kappa shape index (κ3) is 4.42. The minimum atomic E-state index is -0.720. The van der Waals surface area contributed by atoms with Gasteiger partial charge in [-0.05, 0) is 23.6 Å². The molecular formula is C26H27N3O2S. The molecule has 2 amide bonds. The first-order chi connectivity index (χ1) is 15.5. The van der Waals surface area contributed by atoms with Crippen molar-refractivity contribution in [2.24, 2.45) is 0 Å². The highest BCUT2D eigenvalue weighted by Crippen LogP contribution is 2.39. The Labute approximate surface area is 193 Å². The normalized spacial score (nSPS) is 18.9. The number of thioether (sulfide) groups is 1. The average molecular weight is 446 g/mol. The number of hydrogen-bond acceptors (Lipinski definition) is 4. The van der Waals surface area contributed by atoms with Crippen LogP contribution >= 0.6 is 11.8 Å². The number of rotatable bonds is 8. The molecule has 0 saturated carbocycles. The molecule has 4 rings (SSSR count). The predicted octanol–water partition coefficient (Wildman–Crippen LogP) is 3.61. The number of benzene rings is 3. The Morgan fingerprint density at radius 2 is 1.31 bits per heavy atom. The zero-order chi connectivity index (χ0) is 22.6. The van der Waals surface area contributed by atoms with Crippen molar-refractivity contribution in [2.75, 3.05) is 0 Å². The van der Waals surface area contributed by atoms with E-state index >= 15 is 0 Å². The molecule has 1 aliphatic heterocycles. The lowest BCUT2D eigenvalue weighted by Crippen LogP contribution is -2.71. The van der Waals surface area contributed by atoms with Crippen LogP contribution in [0.2, 0.25) is 0 Å². The molecule has 3 aromatic carbocycles. The molecule has 1 aliphatic rings. The van der Waals surface area contributed by atoms with Crippen LogP contribution in [0.25, 0.3) is 0 Å². The second kappa shape index (κ2) is 9.59. The van der Waals surface area contributed by atoms with Gasteiger partial charge in [-0.3, -0.25) is 14.9 Å². The van der Waals surface area contributed by atoms with Crippen LogP contribution < -0.4 is 16.0 Å². The maximum absolute atomic E-state index is 12.7. The van der Waals surface area contributed by atoms with Crippen LogP contribution in [0.3, 0.4) is 0 Å². The van der Waals surface area contributed by atoms with E-state index in [0.717, 1.165) is 16.7 Å². The fourth-order valence-corrected chi connectivity index (χ4v) is 5.40. The van der Waals surface area contributed by atoms with Gasteiger partial charge in [0.1, 0.15) is 11.4 Å². The molecule has 0 aromatic heterocycles. The van der Waals surface area contributed by atoms with Crippen LogP contribution in [0.4, 0.5) is 0 Å². The lowest BCUT2D eigenvalue weighted by molar-refractivity contribution is -0.129. The second-order valence-corrected chi connectivity index (χ2v) is 9.37. The van der Waals surface area contributed by atoms with Crippen molar-refractivity contribution >= 4 is 23.6 Å². The Balaban J connectivity index is 1.78. The summed E-state index contributed by atoms with van der Waals surface area (Å²) in [6, 6.07) is 30.2. The summed E-state index contributed by atoms with van der Waals surface area (Å²) in [5.41, 5.74) is 2.43. The molecule has 3 N–H and O–H groups in total. The van der Waals surface area contributed by atoms with Gasteiger partial charge in [0.2, 0.25) is 11.8 Å². The van der Waals surface area contributed by atoms with Crippen molar-refractivity contribution in [2.45, 2.75) is 36.2 Å². The molecule has 0 radical (unpaired) electrons. The maximum atomic E-state index is 12.7. The number of hydrogen-bond donors (Lipinski definition) is 3. The number of nitrogens with one attached hydrogen (secondary N) is 3. The second-order valence-electron chi connectivity index (χ2n) is 7.88. The van der Waals surface area contributed by atoms with E-state index in [9.17, 15) is 9.59 Å². The molecule has 3 aromatic rings. The highest BCUT2D eigenvalue weighted by molar-refractivity contribution is 8.00. The lowest BCUT2D eigenvalue weighted by atomic mass is 9.76. The van der Waals surface area contributed by atoms with Crippen LogP contribution in [0, 0.1) is 0 Å². The van der Waals surface area contributed by atoms with E-state index in [0.29, 0.717) is 0 Å². The van der Waals surface area contributed by atoms with Crippen molar-refractivity contribution in [1.29, 1.82) is 0 Å². The van der Waals surface area contributed by atoms with E-state index in [1.165, 1.54) is 18.7 Å². The molecule has 5 nitrogen and oxygen atoms in total. The van der Waals surface area contributed by atoms with Gasteiger partial charge in [0, 0.05) is 6.92 Å². The molecule has 1 saturated heterocycles. The van der Waals surface area contributed by atoms with Gasteiger partial charge in [0.05, 0.1) is 10.9 Å². The number of β-lactam (4-membered cyclic amide) rings is 1. The third-order valence-corrected chi connectivity index (χ3v) is 6.83. The quantitative estimate of drug-likeness (QED) is 0.281. The van der Waals surface area contributed by atoms with Gasteiger partial charge in [-0.15, -0.1) is 11.8 Å². The van der Waals surface area contributed by atoms with Crippen molar-refractivity contribution < 1.29 is 9.59 Å². The first-order valence-corrected chi connectivity index (χ1v) is 11.6. The van der Waals surface area contributed by atoms with Gasteiger partial charge in [0.25, 0.3) is 0 Å². The standard InChI is InChI=1S/C26H27N3O2S/c1-18(30)27-19(2)32-25-23(24(31)28-25)29-26(20-12-6-3-7-13-20,21-14-8-4-9-15-21)22-16-10-5-11-17-22/h3-17,19,23,25,29H,1-2H3,(H,27,30)(H,28,31). The number of carbonyl (C=O) groups excluding carboxylic acids is 2. The van der Waals surface area contributed by atoms with Crippen molar-refractivity contribution in [1.82, 2.24) is 16.0 Å². The van der Waals surface area contributed by atoms with Crippen molar-refractivity contribution in [3.63, 3.8) is 0 Å². The molecule has 6 heteroatoms. The van der Waals surface area contributed by atoms with E-state index in [1.54, 1.807) is 0 Å². The van der Waals surface area contributed by atoms with Gasteiger partial charge in [-0.2, -0.15) is 0 Å². The van der Waals surface area contributed by atoms with Gasteiger partial charge < -0.3 is 10.6 Å². The maximum Gasteiger partial charge on any atom is 0.241 e. The fourth-order valence-electron chi connectivity index (χ4n) is 4.20. The SMILES string of the molecule is CC(=O)NC(C)SC1NC(=O)C1NC(c1ccccc1)(c1ccccc1)c1ccccc1. The molecule has 32 heavy (non-hydrogen) atoms. The molecule has 0 spiro atoms. The van der Waals surface area contributed by atoms with E-state index in [1.807, 2.05) is 61.5 Å². The predicted molar refractivity (Wildman–Crippen MR) is 129 cm³/mol. The molecule has 1 heterocycles. The molecule has 3 atom stereocenters. The van der Waals surface area contributed by atoms with Crippen LogP contribution in [-0.4, -0.2) is 28.6 Å². The summed E-state index contributed by atoms with van der Waals surface area (Å²) in [5.74, 6) is -0.142. The summed E-state index contributed by atoms with van der Waals surface area (Å²) < 4.78 is 0. The Hall–Kier alpha value is -3.09. The molecule has 3 unspecified atom stereocenters. The third-order valence-electron chi connectivity index (χ3n) is 5.62. The summed E-state index contributed by atoms with van der Waals surface area (Å²) in [7, 11) is 0. The van der Waals surface area contributed by atoms with Crippen molar-refractivity contribution in [3.8, 4) is 0 Å². The molecule has 0 aliphatic carbocycles. The van der Waals surface area contributed by atoms with Gasteiger partial charge in [0.15, 0.2) is 0 Å².